The van der Waals surface area contributed by atoms with Gasteiger partial charge in [0.15, 0.2) is 0 Å². The molecule has 0 bridgehead atoms. The number of carbonyl (C=O) groups is 2. The van der Waals surface area contributed by atoms with Crippen molar-refractivity contribution in [2.45, 2.75) is 32.7 Å². The average molecular weight is 290 g/mol. The summed E-state index contributed by atoms with van der Waals surface area (Å²) >= 11 is 0. The van der Waals surface area contributed by atoms with Gasteiger partial charge in [-0.3, -0.25) is 14.5 Å². The Morgan fingerprint density at radius 2 is 2.10 bits per heavy atom. The van der Waals surface area contributed by atoms with Gasteiger partial charge in [0.25, 0.3) is 0 Å². The second-order valence-electron chi connectivity index (χ2n) is 5.74. The van der Waals surface area contributed by atoms with Crippen molar-refractivity contribution in [3.63, 3.8) is 0 Å². The molecular formula is C16H22N2O3. The van der Waals surface area contributed by atoms with Crippen molar-refractivity contribution in [1.29, 1.82) is 0 Å². The number of rotatable bonds is 4. The van der Waals surface area contributed by atoms with Crippen LogP contribution in [0.1, 0.15) is 25.3 Å². The van der Waals surface area contributed by atoms with Crippen LogP contribution in [0.15, 0.2) is 24.3 Å². The topological polar surface area (TPSA) is 69.6 Å². The van der Waals surface area contributed by atoms with Gasteiger partial charge in [-0.25, -0.2) is 0 Å². The van der Waals surface area contributed by atoms with Crippen molar-refractivity contribution in [3.05, 3.63) is 29.8 Å². The van der Waals surface area contributed by atoms with E-state index in [1.54, 1.807) is 0 Å². The molecule has 0 aromatic heterocycles. The zero-order chi connectivity index (χ0) is 15.4. The number of anilines is 1. The molecule has 2 atom stereocenters. The molecule has 1 aliphatic rings. The lowest BCUT2D eigenvalue weighted by Gasteiger charge is -2.35. The maximum atomic E-state index is 12.1. The molecule has 5 heteroatoms. The number of para-hydroxylation sites is 1. The third-order valence-corrected chi connectivity index (χ3v) is 4.13. The number of carboxylic acids is 1. The van der Waals surface area contributed by atoms with E-state index in [0.29, 0.717) is 25.9 Å². The fourth-order valence-electron chi connectivity index (χ4n) is 2.77. The smallest absolute Gasteiger partial charge is 0.306 e. The minimum absolute atomic E-state index is 0.0510. The van der Waals surface area contributed by atoms with Crippen LogP contribution in [0, 0.1) is 12.8 Å². The largest absolute Gasteiger partial charge is 0.481 e. The van der Waals surface area contributed by atoms with E-state index in [4.69, 9.17) is 5.11 Å². The van der Waals surface area contributed by atoms with E-state index in [0.717, 1.165) is 11.3 Å². The highest BCUT2D eigenvalue weighted by Gasteiger charge is 2.30. The van der Waals surface area contributed by atoms with Gasteiger partial charge < -0.3 is 10.4 Å². The van der Waals surface area contributed by atoms with Gasteiger partial charge in [-0.05, 0) is 44.9 Å². The molecule has 1 aromatic rings. The molecule has 5 nitrogen and oxygen atoms in total. The van der Waals surface area contributed by atoms with Gasteiger partial charge in [0.05, 0.1) is 12.5 Å². The molecule has 1 heterocycles. The number of nitrogens with one attached hydrogen (secondary N) is 1. The summed E-state index contributed by atoms with van der Waals surface area (Å²) in [7, 11) is 0. The molecule has 1 amide bonds. The minimum atomic E-state index is -0.731. The van der Waals surface area contributed by atoms with E-state index < -0.39 is 5.97 Å². The first-order valence-electron chi connectivity index (χ1n) is 7.29. The molecule has 2 N–H and O–H groups in total. The molecule has 0 aliphatic carbocycles. The van der Waals surface area contributed by atoms with Crippen molar-refractivity contribution in [3.8, 4) is 0 Å². The number of amides is 1. The number of piperidine rings is 1. The van der Waals surface area contributed by atoms with Crippen LogP contribution in [0.5, 0.6) is 0 Å². The Balaban J connectivity index is 1.89. The van der Waals surface area contributed by atoms with E-state index in [1.807, 2.05) is 43.0 Å². The number of benzene rings is 1. The molecule has 114 valence electrons. The lowest BCUT2D eigenvalue weighted by Crippen LogP contribution is -2.46. The highest BCUT2D eigenvalue weighted by atomic mass is 16.4. The SMILES string of the molecule is Cc1ccccc1NC(=O)CN1CCC(C(=O)O)CC1C. The van der Waals surface area contributed by atoms with Gasteiger partial charge >= 0.3 is 5.97 Å². The molecule has 1 aliphatic heterocycles. The summed E-state index contributed by atoms with van der Waals surface area (Å²) in [5, 5.41) is 12.0. The van der Waals surface area contributed by atoms with E-state index in [-0.39, 0.29) is 17.9 Å². The molecule has 2 rings (SSSR count). The fourth-order valence-corrected chi connectivity index (χ4v) is 2.77. The van der Waals surface area contributed by atoms with Crippen molar-refractivity contribution in [2.75, 3.05) is 18.4 Å². The van der Waals surface area contributed by atoms with Crippen LogP contribution in [0.25, 0.3) is 0 Å². The highest BCUT2D eigenvalue weighted by molar-refractivity contribution is 5.93. The predicted molar refractivity (Wildman–Crippen MR) is 81.2 cm³/mol. The van der Waals surface area contributed by atoms with E-state index in [1.165, 1.54) is 0 Å². The van der Waals surface area contributed by atoms with Gasteiger partial charge in [0.2, 0.25) is 5.91 Å². The molecule has 0 radical (unpaired) electrons. The number of carboxylic acid groups (broad SMARTS) is 1. The maximum absolute atomic E-state index is 12.1. The minimum Gasteiger partial charge on any atom is -0.481 e. The number of aryl methyl sites for hydroxylation is 1. The molecular weight excluding hydrogens is 268 g/mol. The van der Waals surface area contributed by atoms with Crippen LogP contribution >= 0.6 is 0 Å². The lowest BCUT2D eigenvalue weighted by atomic mass is 9.92. The average Bonchev–Trinajstić information content (AvgIpc) is 2.43. The third-order valence-electron chi connectivity index (χ3n) is 4.13. The van der Waals surface area contributed by atoms with E-state index in [2.05, 4.69) is 5.32 Å². The van der Waals surface area contributed by atoms with Crippen LogP contribution < -0.4 is 5.32 Å². The van der Waals surface area contributed by atoms with Gasteiger partial charge in [-0.2, -0.15) is 0 Å². The van der Waals surface area contributed by atoms with Crippen molar-refractivity contribution in [2.24, 2.45) is 5.92 Å². The molecule has 21 heavy (non-hydrogen) atoms. The summed E-state index contributed by atoms with van der Waals surface area (Å²) in [5.41, 5.74) is 1.86. The normalized spacial score (nSPS) is 22.8. The number of carbonyl (C=O) groups excluding carboxylic acids is 1. The van der Waals surface area contributed by atoms with Gasteiger partial charge in [0, 0.05) is 11.7 Å². The first-order valence-corrected chi connectivity index (χ1v) is 7.29. The maximum Gasteiger partial charge on any atom is 0.306 e. The van der Waals surface area contributed by atoms with Crippen LogP contribution in [0.4, 0.5) is 5.69 Å². The first kappa shape index (κ1) is 15.5. The summed E-state index contributed by atoms with van der Waals surface area (Å²) in [5.74, 6) is -1.06. The van der Waals surface area contributed by atoms with Crippen molar-refractivity contribution >= 4 is 17.6 Å². The highest BCUT2D eigenvalue weighted by Crippen LogP contribution is 2.23. The molecule has 1 fully saturated rings. The summed E-state index contributed by atoms with van der Waals surface area (Å²) in [6.45, 7) is 4.90. The number of likely N-dealkylation sites (tertiary alicyclic amines) is 1. The Morgan fingerprint density at radius 1 is 1.38 bits per heavy atom. The molecule has 2 unspecified atom stereocenters. The number of nitrogens with zero attached hydrogens (tertiary/aromatic N) is 1. The van der Waals surface area contributed by atoms with Gasteiger partial charge in [0.1, 0.15) is 0 Å². The Labute approximate surface area is 125 Å². The zero-order valence-electron chi connectivity index (χ0n) is 12.5. The molecule has 1 aromatic carbocycles. The van der Waals surface area contributed by atoms with E-state index in [9.17, 15) is 9.59 Å². The Morgan fingerprint density at radius 3 is 2.71 bits per heavy atom. The second-order valence-corrected chi connectivity index (χ2v) is 5.74. The summed E-state index contributed by atoms with van der Waals surface area (Å²) in [6.07, 6.45) is 1.21. The van der Waals surface area contributed by atoms with Crippen LogP contribution in [-0.4, -0.2) is 41.0 Å². The summed E-state index contributed by atoms with van der Waals surface area (Å²) in [6, 6.07) is 7.78. The lowest BCUT2D eigenvalue weighted by molar-refractivity contribution is -0.144. The number of hydrogen-bond donors (Lipinski definition) is 2. The second kappa shape index (κ2) is 6.72. The standard InChI is InChI=1S/C16H22N2O3/c1-11-5-3-4-6-14(11)17-15(19)10-18-8-7-13(16(20)21)9-12(18)2/h3-6,12-13H,7-10H2,1-2H3,(H,17,19)(H,20,21). The summed E-state index contributed by atoms with van der Waals surface area (Å²) < 4.78 is 0. The van der Waals surface area contributed by atoms with Crippen LogP contribution in [-0.2, 0) is 9.59 Å². The van der Waals surface area contributed by atoms with Crippen molar-refractivity contribution in [1.82, 2.24) is 4.90 Å². The first-order chi connectivity index (χ1) is 9.97. The van der Waals surface area contributed by atoms with E-state index >= 15 is 0 Å². The molecule has 0 saturated carbocycles. The monoisotopic (exact) mass is 290 g/mol. The Kier molecular flexibility index (Phi) is 4.96. The fraction of sp³-hybridized carbons (Fsp3) is 0.500. The quantitative estimate of drug-likeness (QED) is 0.891. The summed E-state index contributed by atoms with van der Waals surface area (Å²) in [4.78, 5) is 25.2. The number of aliphatic carboxylic acids is 1. The molecule has 1 saturated heterocycles. The number of hydrogen-bond acceptors (Lipinski definition) is 3. The van der Waals surface area contributed by atoms with Crippen LogP contribution in [0.3, 0.4) is 0 Å². The van der Waals surface area contributed by atoms with Crippen LogP contribution in [0.2, 0.25) is 0 Å². The van der Waals surface area contributed by atoms with Crippen molar-refractivity contribution < 1.29 is 14.7 Å². The Bertz CT molecular complexity index is 530. The van der Waals surface area contributed by atoms with Gasteiger partial charge in [-0.15, -0.1) is 0 Å². The Hall–Kier alpha value is -1.88. The zero-order valence-corrected chi connectivity index (χ0v) is 12.5. The third kappa shape index (κ3) is 4.04. The van der Waals surface area contributed by atoms with Gasteiger partial charge in [-0.1, -0.05) is 18.2 Å². The predicted octanol–water partition coefficient (Wildman–Crippen LogP) is 2.12. The molecule has 0 spiro atoms.